The number of hydrogen-bond donors (Lipinski definition) is 1. The van der Waals surface area contributed by atoms with Gasteiger partial charge in [-0.05, 0) is 25.0 Å². The summed E-state index contributed by atoms with van der Waals surface area (Å²) in [6.45, 7) is 2.10. The molecule has 98 valence electrons. The molecule has 1 saturated heterocycles. The largest absolute Gasteiger partial charge is 0.384 e. The predicted molar refractivity (Wildman–Crippen MR) is 81.0 cm³/mol. The highest BCUT2D eigenvalue weighted by Gasteiger charge is 2.15. The standard InChI is InChI=1S/C14H15BrN4/c15-11-5-3-10(4-6-11)14-17-12(16)9-13(18-14)19-7-1-2-8-19/h3-6,9H,1-2,7-8H2,(H2,16,17,18). The third-order valence-corrected chi connectivity index (χ3v) is 3.79. The highest BCUT2D eigenvalue weighted by Crippen LogP contribution is 2.24. The molecule has 0 amide bonds. The molecule has 4 nitrogen and oxygen atoms in total. The summed E-state index contributed by atoms with van der Waals surface area (Å²) >= 11 is 3.43. The second kappa shape index (κ2) is 5.17. The third-order valence-electron chi connectivity index (χ3n) is 3.26. The number of nitrogens with zero attached hydrogens (tertiary/aromatic N) is 3. The van der Waals surface area contributed by atoms with E-state index in [0.717, 1.165) is 28.9 Å². The van der Waals surface area contributed by atoms with E-state index in [1.54, 1.807) is 0 Å². The van der Waals surface area contributed by atoms with E-state index >= 15 is 0 Å². The van der Waals surface area contributed by atoms with Crippen molar-refractivity contribution in [3.8, 4) is 11.4 Å². The van der Waals surface area contributed by atoms with Gasteiger partial charge in [0.1, 0.15) is 11.6 Å². The predicted octanol–water partition coefficient (Wildman–Crippen LogP) is 3.09. The smallest absolute Gasteiger partial charge is 0.163 e. The van der Waals surface area contributed by atoms with E-state index in [0.29, 0.717) is 11.6 Å². The van der Waals surface area contributed by atoms with Crippen LogP contribution in [0.15, 0.2) is 34.8 Å². The van der Waals surface area contributed by atoms with Crippen molar-refractivity contribution >= 4 is 27.6 Å². The topological polar surface area (TPSA) is 55.0 Å². The van der Waals surface area contributed by atoms with Gasteiger partial charge in [-0.25, -0.2) is 9.97 Å². The normalized spacial score (nSPS) is 14.9. The maximum Gasteiger partial charge on any atom is 0.163 e. The Kier molecular flexibility index (Phi) is 3.38. The van der Waals surface area contributed by atoms with Crippen LogP contribution in [0.2, 0.25) is 0 Å². The Morgan fingerprint density at radius 1 is 1.05 bits per heavy atom. The first-order valence-corrected chi connectivity index (χ1v) is 7.17. The highest BCUT2D eigenvalue weighted by molar-refractivity contribution is 9.10. The number of aromatic nitrogens is 2. The molecule has 1 fully saturated rings. The molecule has 0 unspecified atom stereocenters. The van der Waals surface area contributed by atoms with E-state index in [2.05, 4.69) is 30.8 Å². The Morgan fingerprint density at radius 3 is 2.42 bits per heavy atom. The minimum absolute atomic E-state index is 0.523. The van der Waals surface area contributed by atoms with Crippen LogP contribution in [0.4, 0.5) is 11.6 Å². The van der Waals surface area contributed by atoms with Crippen LogP contribution in [0.25, 0.3) is 11.4 Å². The summed E-state index contributed by atoms with van der Waals surface area (Å²) in [5.41, 5.74) is 6.89. The Bertz CT molecular complexity index is 576. The lowest BCUT2D eigenvalue weighted by Crippen LogP contribution is -2.19. The monoisotopic (exact) mass is 318 g/mol. The summed E-state index contributed by atoms with van der Waals surface area (Å²) in [6, 6.07) is 9.81. The number of anilines is 2. The van der Waals surface area contributed by atoms with Crippen molar-refractivity contribution in [3.63, 3.8) is 0 Å². The molecule has 0 bridgehead atoms. The molecule has 5 heteroatoms. The SMILES string of the molecule is Nc1cc(N2CCCC2)nc(-c2ccc(Br)cc2)n1. The summed E-state index contributed by atoms with van der Waals surface area (Å²) in [5.74, 6) is 2.15. The van der Waals surface area contributed by atoms with Gasteiger partial charge in [-0.2, -0.15) is 0 Å². The van der Waals surface area contributed by atoms with Crippen molar-refractivity contribution in [2.45, 2.75) is 12.8 Å². The van der Waals surface area contributed by atoms with Gasteiger partial charge in [0.15, 0.2) is 5.82 Å². The van der Waals surface area contributed by atoms with Crippen LogP contribution >= 0.6 is 15.9 Å². The molecule has 3 rings (SSSR count). The van der Waals surface area contributed by atoms with E-state index in [1.165, 1.54) is 12.8 Å². The van der Waals surface area contributed by atoms with E-state index < -0.39 is 0 Å². The van der Waals surface area contributed by atoms with Crippen molar-refractivity contribution in [1.82, 2.24) is 9.97 Å². The second-order valence-electron chi connectivity index (χ2n) is 4.68. The number of halogens is 1. The first-order valence-electron chi connectivity index (χ1n) is 6.38. The molecular weight excluding hydrogens is 304 g/mol. The van der Waals surface area contributed by atoms with Crippen LogP contribution in [-0.4, -0.2) is 23.1 Å². The molecule has 1 aromatic heterocycles. The molecule has 1 aliphatic heterocycles. The summed E-state index contributed by atoms with van der Waals surface area (Å²) in [4.78, 5) is 11.2. The van der Waals surface area contributed by atoms with Gasteiger partial charge in [0.05, 0.1) is 0 Å². The Balaban J connectivity index is 1.99. The Morgan fingerprint density at radius 2 is 1.74 bits per heavy atom. The quantitative estimate of drug-likeness (QED) is 0.924. The molecule has 0 aliphatic carbocycles. The molecule has 0 radical (unpaired) electrons. The Labute approximate surface area is 120 Å². The van der Waals surface area contributed by atoms with Crippen molar-refractivity contribution in [1.29, 1.82) is 0 Å². The van der Waals surface area contributed by atoms with Crippen molar-refractivity contribution in [2.75, 3.05) is 23.7 Å². The molecule has 19 heavy (non-hydrogen) atoms. The summed E-state index contributed by atoms with van der Waals surface area (Å²) in [5, 5.41) is 0. The lowest BCUT2D eigenvalue weighted by atomic mass is 10.2. The van der Waals surface area contributed by atoms with Gasteiger partial charge in [0.2, 0.25) is 0 Å². The maximum atomic E-state index is 5.91. The molecule has 0 spiro atoms. The van der Waals surface area contributed by atoms with Crippen LogP contribution in [0.5, 0.6) is 0 Å². The van der Waals surface area contributed by atoms with Crippen molar-refractivity contribution < 1.29 is 0 Å². The number of hydrogen-bond acceptors (Lipinski definition) is 4. The lowest BCUT2D eigenvalue weighted by molar-refractivity contribution is 0.931. The molecule has 0 saturated carbocycles. The number of nitrogen functional groups attached to an aromatic ring is 1. The average molecular weight is 319 g/mol. The van der Waals surface area contributed by atoms with Crippen LogP contribution in [0, 0.1) is 0 Å². The highest BCUT2D eigenvalue weighted by atomic mass is 79.9. The molecule has 0 atom stereocenters. The summed E-state index contributed by atoms with van der Waals surface area (Å²) in [7, 11) is 0. The summed E-state index contributed by atoms with van der Waals surface area (Å²) < 4.78 is 1.04. The third kappa shape index (κ3) is 2.71. The number of nitrogens with two attached hydrogens (primary N) is 1. The number of rotatable bonds is 2. The van der Waals surface area contributed by atoms with Gasteiger partial charge in [-0.15, -0.1) is 0 Å². The molecule has 2 heterocycles. The van der Waals surface area contributed by atoms with Crippen molar-refractivity contribution in [3.05, 3.63) is 34.8 Å². The van der Waals surface area contributed by atoms with E-state index in [-0.39, 0.29) is 0 Å². The van der Waals surface area contributed by atoms with Crippen LogP contribution in [0.3, 0.4) is 0 Å². The fourth-order valence-electron chi connectivity index (χ4n) is 2.29. The number of benzene rings is 1. The lowest BCUT2D eigenvalue weighted by Gasteiger charge is -2.17. The second-order valence-corrected chi connectivity index (χ2v) is 5.59. The van der Waals surface area contributed by atoms with Crippen molar-refractivity contribution in [2.24, 2.45) is 0 Å². The first-order chi connectivity index (χ1) is 9.22. The zero-order valence-electron chi connectivity index (χ0n) is 10.5. The average Bonchev–Trinajstić information content (AvgIpc) is 2.93. The van der Waals surface area contributed by atoms with Gasteiger partial charge >= 0.3 is 0 Å². The minimum Gasteiger partial charge on any atom is -0.384 e. The summed E-state index contributed by atoms with van der Waals surface area (Å²) in [6.07, 6.45) is 2.44. The van der Waals surface area contributed by atoms with Gasteiger partial charge in [-0.3, -0.25) is 0 Å². The van der Waals surface area contributed by atoms with Crippen LogP contribution in [-0.2, 0) is 0 Å². The van der Waals surface area contributed by atoms with Gasteiger partial charge in [0.25, 0.3) is 0 Å². The molecule has 2 N–H and O–H groups in total. The zero-order valence-corrected chi connectivity index (χ0v) is 12.1. The molecule has 2 aromatic rings. The Hall–Kier alpha value is -1.62. The molecular formula is C14H15BrN4. The van der Waals surface area contributed by atoms with Gasteiger partial charge in [-0.1, -0.05) is 28.1 Å². The van der Waals surface area contributed by atoms with E-state index in [9.17, 15) is 0 Å². The fraction of sp³-hybridized carbons (Fsp3) is 0.286. The molecule has 1 aliphatic rings. The van der Waals surface area contributed by atoms with Crippen LogP contribution in [0.1, 0.15) is 12.8 Å². The molecule has 1 aromatic carbocycles. The fourth-order valence-corrected chi connectivity index (χ4v) is 2.55. The van der Waals surface area contributed by atoms with Gasteiger partial charge in [0, 0.05) is 29.2 Å². The zero-order chi connectivity index (χ0) is 13.2. The van der Waals surface area contributed by atoms with Crippen LogP contribution < -0.4 is 10.6 Å². The minimum atomic E-state index is 0.523. The maximum absolute atomic E-state index is 5.91. The first kappa shape index (κ1) is 12.4. The van der Waals surface area contributed by atoms with E-state index in [4.69, 9.17) is 5.73 Å². The van der Waals surface area contributed by atoms with E-state index in [1.807, 2.05) is 30.3 Å². The van der Waals surface area contributed by atoms with Gasteiger partial charge < -0.3 is 10.6 Å².